The third-order valence-electron chi connectivity index (χ3n) is 3.31. The van der Waals surface area contributed by atoms with Gasteiger partial charge in [0, 0.05) is 11.3 Å². The average molecular weight is 326 g/mol. The van der Waals surface area contributed by atoms with Crippen molar-refractivity contribution >= 4 is 27.3 Å². The molecule has 1 saturated carbocycles. The van der Waals surface area contributed by atoms with E-state index >= 15 is 0 Å². The van der Waals surface area contributed by atoms with Gasteiger partial charge in [0.15, 0.2) is 5.82 Å². The summed E-state index contributed by atoms with van der Waals surface area (Å²) in [5, 5.41) is 1.89. The van der Waals surface area contributed by atoms with Gasteiger partial charge in [-0.1, -0.05) is 12.8 Å². The lowest BCUT2D eigenvalue weighted by Crippen LogP contribution is -2.15. The highest BCUT2D eigenvalue weighted by Crippen LogP contribution is 2.35. The summed E-state index contributed by atoms with van der Waals surface area (Å²) >= 11 is 4.86. The van der Waals surface area contributed by atoms with Gasteiger partial charge in [-0.15, -0.1) is 11.3 Å². The summed E-state index contributed by atoms with van der Waals surface area (Å²) in [5.41, 5.74) is 3.25. The van der Waals surface area contributed by atoms with E-state index in [1.165, 1.54) is 24.2 Å². The number of thiazole rings is 1. The van der Waals surface area contributed by atoms with E-state index in [2.05, 4.69) is 30.9 Å². The van der Waals surface area contributed by atoms with Crippen LogP contribution in [-0.4, -0.2) is 15.0 Å². The number of aromatic nitrogens is 3. The minimum Gasteiger partial charge on any atom is -0.304 e. The molecule has 18 heavy (non-hydrogen) atoms. The molecule has 2 aromatic heterocycles. The van der Waals surface area contributed by atoms with Crippen LogP contribution in [0.5, 0.6) is 0 Å². The number of H-pyrrole nitrogens is 1. The number of halogens is 1. The lowest BCUT2D eigenvalue weighted by Gasteiger charge is -2.11. The number of nitrogens with one attached hydrogen (secondary N) is 1. The molecule has 1 aliphatic carbocycles. The molecule has 1 aliphatic rings. The van der Waals surface area contributed by atoms with Crippen LogP contribution in [-0.2, 0) is 0 Å². The first-order valence-electron chi connectivity index (χ1n) is 5.94. The van der Waals surface area contributed by atoms with Crippen molar-refractivity contribution in [1.29, 1.82) is 0 Å². The van der Waals surface area contributed by atoms with Gasteiger partial charge in [0.05, 0.1) is 11.2 Å². The minimum atomic E-state index is -0.116. The Morgan fingerprint density at radius 2 is 2.17 bits per heavy atom. The molecule has 6 heteroatoms. The molecule has 0 aromatic carbocycles. The Bertz CT molecular complexity index is 602. The van der Waals surface area contributed by atoms with Crippen LogP contribution >= 0.6 is 27.3 Å². The Morgan fingerprint density at radius 1 is 1.39 bits per heavy atom. The zero-order chi connectivity index (χ0) is 12.5. The van der Waals surface area contributed by atoms with E-state index in [1.54, 1.807) is 5.51 Å². The van der Waals surface area contributed by atoms with Crippen LogP contribution in [0, 0.1) is 0 Å². The molecule has 4 nitrogen and oxygen atoms in total. The Labute approximate surface area is 117 Å². The Balaban J connectivity index is 2.10. The monoisotopic (exact) mass is 325 g/mol. The third-order valence-corrected chi connectivity index (χ3v) is 4.66. The number of hydrogen-bond acceptors (Lipinski definition) is 4. The molecule has 0 atom stereocenters. The fraction of sp³-hybridized carbons (Fsp3) is 0.417. The zero-order valence-electron chi connectivity index (χ0n) is 9.65. The molecule has 0 aliphatic heterocycles. The third kappa shape index (κ3) is 2.14. The molecule has 94 valence electrons. The van der Waals surface area contributed by atoms with Gasteiger partial charge in [0.25, 0.3) is 5.56 Å². The minimum absolute atomic E-state index is 0.116. The second-order valence-electron chi connectivity index (χ2n) is 4.47. The summed E-state index contributed by atoms with van der Waals surface area (Å²) in [6.45, 7) is 0. The van der Waals surface area contributed by atoms with Gasteiger partial charge in [-0.3, -0.25) is 4.79 Å². The van der Waals surface area contributed by atoms with Crippen molar-refractivity contribution in [2.24, 2.45) is 0 Å². The first-order chi connectivity index (χ1) is 8.75. The van der Waals surface area contributed by atoms with Gasteiger partial charge in [-0.05, 0) is 28.8 Å². The first kappa shape index (κ1) is 12.0. The Morgan fingerprint density at radius 3 is 2.83 bits per heavy atom. The Kier molecular flexibility index (Phi) is 3.30. The number of rotatable bonds is 2. The van der Waals surface area contributed by atoms with Gasteiger partial charge in [0.2, 0.25) is 0 Å². The van der Waals surface area contributed by atoms with Gasteiger partial charge >= 0.3 is 0 Å². The molecule has 3 rings (SSSR count). The average Bonchev–Trinajstić information content (AvgIpc) is 3.03. The smallest absolute Gasteiger partial charge is 0.265 e. The predicted molar refractivity (Wildman–Crippen MR) is 74.9 cm³/mol. The maximum absolute atomic E-state index is 11.9. The first-order valence-corrected chi connectivity index (χ1v) is 7.67. The molecule has 0 radical (unpaired) electrons. The predicted octanol–water partition coefficient (Wildman–Crippen LogP) is 3.31. The second-order valence-corrected chi connectivity index (χ2v) is 5.98. The summed E-state index contributed by atoms with van der Waals surface area (Å²) in [7, 11) is 0. The van der Waals surface area contributed by atoms with Crippen LogP contribution in [0.1, 0.15) is 37.3 Å². The van der Waals surface area contributed by atoms with E-state index in [9.17, 15) is 4.79 Å². The zero-order valence-corrected chi connectivity index (χ0v) is 12.1. The highest BCUT2D eigenvalue weighted by molar-refractivity contribution is 9.10. The topological polar surface area (TPSA) is 58.6 Å². The van der Waals surface area contributed by atoms with Crippen molar-refractivity contribution in [3.05, 3.63) is 31.4 Å². The highest BCUT2D eigenvalue weighted by atomic mass is 79.9. The SMILES string of the molecule is O=c1[nH]c(-c2cscn2)nc(C2CCCC2)c1Br. The molecule has 0 spiro atoms. The summed E-state index contributed by atoms with van der Waals surface area (Å²) in [4.78, 5) is 23.5. The number of hydrogen-bond donors (Lipinski definition) is 1. The van der Waals surface area contributed by atoms with Gasteiger partial charge < -0.3 is 4.98 Å². The van der Waals surface area contributed by atoms with Crippen LogP contribution < -0.4 is 5.56 Å². The molecule has 1 N–H and O–H groups in total. The van der Waals surface area contributed by atoms with E-state index < -0.39 is 0 Å². The van der Waals surface area contributed by atoms with Crippen LogP contribution in [0.3, 0.4) is 0 Å². The maximum Gasteiger partial charge on any atom is 0.265 e. The quantitative estimate of drug-likeness (QED) is 0.921. The maximum atomic E-state index is 11.9. The molecule has 0 bridgehead atoms. The lowest BCUT2D eigenvalue weighted by molar-refractivity contribution is 0.688. The van der Waals surface area contributed by atoms with E-state index in [0.717, 1.165) is 24.2 Å². The molecule has 2 aromatic rings. The molecule has 0 amide bonds. The molecular weight excluding hydrogens is 314 g/mol. The molecular formula is C12H12BrN3OS. The van der Waals surface area contributed by atoms with Crippen molar-refractivity contribution in [2.45, 2.75) is 31.6 Å². The van der Waals surface area contributed by atoms with Crippen LogP contribution in [0.15, 0.2) is 20.2 Å². The van der Waals surface area contributed by atoms with E-state index in [0.29, 0.717) is 16.2 Å². The molecule has 0 unspecified atom stereocenters. The fourth-order valence-corrected chi connectivity index (χ4v) is 3.44. The van der Waals surface area contributed by atoms with Crippen LogP contribution in [0.2, 0.25) is 0 Å². The Hall–Kier alpha value is -1.01. The normalized spacial score (nSPS) is 16.3. The van der Waals surface area contributed by atoms with E-state index in [-0.39, 0.29) is 5.56 Å². The number of aromatic amines is 1. The molecule has 1 fully saturated rings. The van der Waals surface area contributed by atoms with Gasteiger partial charge in [-0.2, -0.15) is 0 Å². The lowest BCUT2D eigenvalue weighted by atomic mass is 10.0. The second kappa shape index (κ2) is 4.93. The molecule has 0 saturated heterocycles. The number of nitrogens with zero attached hydrogens (tertiary/aromatic N) is 2. The van der Waals surface area contributed by atoms with Crippen molar-refractivity contribution in [1.82, 2.24) is 15.0 Å². The standard InChI is InChI=1S/C12H12BrN3OS/c13-9-10(7-3-1-2-4-7)15-11(16-12(9)17)8-5-18-6-14-8/h5-7H,1-4H2,(H,15,16,17). The van der Waals surface area contributed by atoms with E-state index in [1.807, 2.05) is 5.38 Å². The largest absolute Gasteiger partial charge is 0.304 e. The van der Waals surface area contributed by atoms with Crippen LogP contribution in [0.4, 0.5) is 0 Å². The summed E-state index contributed by atoms with van der Waals surface area (Å²) in [5.74, 6) is 0.977. The summed E-state index contributed by atoms with van der Waals surface area (Å²) < 4.78 is 0.577. The van der Waals surface area contributed by atoms with Crippen molar-refractivity contribution in [3.8, 4) is 11.5 Å². The van der Waals surface area contributed by atoms with Gasteiger partial charge in [0.1, 0.15) is 10.2 Å². The fourth-order valence-electron chi connectivity index (χ4n) is 2.40. The van der Waals surface area contributed by atoms with Crippen molar-refractivity contribution < 1.29 is 0 Å². The summed E-state index contributed by atoms with van der Waals surface area (Å²) in [6.07, 6.45) is 4.67. The van der Waals surface area contributed by atoms with Crippen molar-refractivity contribution in [2.75, 3.05) is 0 Å². The van der Waals surface area contributed by atoms with Crippen LogP contribution in [0.25, 0.3) is 11.5 Å². The molecule has 2 heterocycles. The van der Waals surface area contributed by atoms with Crippen molar-refractivity contribution in [3.63, 3.8) is 0 Å². The highest BCUT2D eigenvalue weighted by Gasteiger charge is 2.23. The summed E-state index contributed by atoms with van der Waals surface area (Å²) in [6, 6.07) is 0. The van der Waals surface area contributed by atoms with Gasteiger partial charge in [-0.25, -0.2) is 9.97 Å². The van der Waals surface area contributed by atoms with E-state index in [4.69, 9.17) is 0 Å².